The second kappa shape index (κ2) is 9.71. The Bertz CT molecular complexity index is 658. The largest absolute Gasteiger partial charge is 0.391 e. The lowest BCUT2D eigenvalue weighted by Gasteiger charge is -2.44. The maximum absolute atomic E-state index is 9.81. The van der Waals surface area contributed by atoms with Gasteiger partial charge in [-0.2, -0.15) is 0 Å². The van der Waals surface area contributed by atoms with Gasteiger partial charge in [0.2, 0.25) is 0 Å². The third kappa shape index (κ3) is 5.03. The van der Waals surface area contributed by atoms with E-state index in [0.717, 1.165) is 77.3 Å². The number of hydrogen-bond acceptors (Lipinski definition) is 6. The molecule has 3 heterocycles. The van der Waals surface area contributed by atoms with Crippen molar-refractivity contribution in [2.24, 2.45) is 0 Å². The van der Waals surface area contributed by atoms with Crippen LogP contribution in [0.3, 0.4) is 0 Å². The van der Waals surface area contributed by atoms with E-state index in [9.17, 15) is 5.11 Å². The van der Waals surface area contributed by atoms with Crippen LogP contribution in [-0.2, 0) is 4.74 Å². The van der Waals surface area contributed by atoms with Crippen LogP contribution in [0.15, 0.2) is 24.4 Å². The van der Waals surface area contributed by atoms with Crippen LogP contribution in [0.25, 0.3) is 0 Å². The fourth-order valence-corrected chi connectivity index (χ4v) is 4.32. The van der Waals surface area contributed by atoms with Gasteiger partial charge in [-0.25, -0.2) is 4.98 Å². The molecule has 0 aromatic carbocycles. The molecule has 2 saturated heterocycles. The fourth-order valence-electron chi connectivity index (χ4n) is 4.32. The first-order valence-electron chi connectivity index (χ1n) is 10.7. The van der Waals surface area contributed by atoms with E-state index in [-0.39, 0.29) is 6.10 Å². The maximum Gasteiger partial charge on any atom is 0.128 e. The molecule has 1 saturated carbocycles. The van der Waals surface area contributed by atoms with Gasteiger partial charge in [-0.15, -0.1) is 0 Å². The molecule has 1 aromatic heterocycles. The van der Waals surface area contributed by atoms with Crippen molar-refractivity contribution in [2.75, 3.05) is 57.3 Å². The van der Waals surface area contributed by atoms with E-state index >= 15 is 0 Å². The first-order valence-corrected chi connectivity index (χ1v) is 10.7. The van der Waals surface area contributed by atoms with E-state index in [4.69, 9.17) is 4.74 Å². The minimum atomic E-state index is -0.103. The molecule has 0 amide bonds. The Morgan fingerprint density at radius 2 is 1.82 bits per heavy atom. The summed E-state index contributed by atoms with van der Waals surface area (Å²) >= 11 is 0. The highest BCUT2D eigenvalue weighted by Gasteiger charge is 2.35. The summed E-state index contributed by atoms with van der Waals surface area (Å²) < 4.78 is 5.96. The minimum absolute atomic E-state index is 0.103. The summed E-state index contributed by atoms with van der Waals surface area (Å²) in [6.07, 6.45) is 6.30. The minimum Gasteiger partial charge on any atom is -0.391 e. The van der Waals surface area contributed by atoms with Gasteiger partial charge < -0.3 is 14.7 Å². The zero-order valence-electron chi connectivity index (χ0n) is 16.7. The summed E-state index contributed by atoms with van der Waals surface area (Å²) in [6.45, 7) is 7.49. The van der Waals surface area contributed by atoms with Crippen molar-refractivity contribution in [3.8, 4) is 11.8 Å². The van der Waals surface area contributed by atoms with Gasteiger partial charge in [-0.3, -0.25) is 9.80 Å². The van der Waals surface area contributed by atoms with E-state index in [1.54, 1.807) is 0 Å². The molecule has 3 aliphatic rings. The van der Waals surface area contributed by atoms with Gasteiger partial charge in [-0.05, 0) is 37.8 Å². The molecule has 0 spiro atoms. The molecule has 4 rings (SSSR count). The third-order valence-electron chi connectivity index (χ3n) is 6.31. The molecule has 6 heteroatoms. The molecule has 0 radical (unpaired) electrons. The van der Waals surface area contributed by atoms with Crippen LogP contribution >= 0.6 is 0 Å². The van der Waals surface area contributed by atoms with Gasteiger partial charge in [0.05, 0.1) is 18.8 Å². The zero-order valence-corrected chi connectivity index (χ0v) is 16.7. The van der Waals surface area contributed by atoms with Crippen LogP contribution in [0.5, 0.6) is 0 Å². The number of piperidine rings is 1. The number of aliphatic hydroxyl groups excluding tert-OH is 1. The number of likely N-dealkylation sites (tertiary alicyclic amines) is 1. The zero-order chi connectivity index (χ0) is 19.2. The smallest absolute Gasteiger partial charge is 0.128 e. The van der Waals surface area contributed by atoms with Gasteiger partial charge >= 0.3 is 0 Å². The summed E-state index contributed by atoms with van der Waals surface area (Å²) in [5.74, 6) is 7.54. The van der Waals surface area contributed by atoms with E-state index in [1.165, 1.54) is 0 Å². The quantitative estimate of drug-likeness (QED) is 0.771. The van der Waals surface area contributed by atoms with Crippen molar-refractivity contribution in [3.05, 3.63) is 24.4 Å². The molecular formula is C22H32N4O2. The van der Waals surface area contributed by atoms with Crippen LogP contribution < -0.4 is 4.90 Å². The van der Waals surface area contributed by atoms with Gasteiger partial charge in [0.25, 0.3) is 0 Å². The van der Waals surface area contributed by atoms with Gasteiger partial charge in [0.1, 0.15) is 12.4 Å². The number of nitrogens with zero attached hydrogens (tertiary/aromatic N) is 4. The van der Waals surface area contributed by atoms with E-state index in [2.05, 4.69) is 37.6 Å². The Morgan fingerprint density at radius 1 is 1.00 bits per heavy atom. The van der Waals surface area contributed by atoms with E-state index in [0.29, 0.717) is 18.8 Å². The van der Waals surface area contributed by atoms with Crippen LogP contribution in [0.1, 0.15) is 25.7 Å². The second-order valence-corrected chi connectivity index (χ2v) is 8.06. The molecule has 28 heavy (non-hydrogen) atoms. The lowest BCUT2D eigenvalue weighted by Crippen LogP contribution is -2.53. The lowest BCUT2D eigenvalue weighted by atomic mass is 9.86. The number of anilines is 1. The van der Waals surface area contributed by atoms with Crippen molar-refractivity contribution in [2.45, 2.75) is 43.9 Å². The highest BCUT2D eigenvalue weighted by Crippen LogP contribution is 2.28. The molecule has 1 aromatic rings. The number of hydrogen-bond donors (Lipinski definition) is 1. The molecule has 1 N–H and O–H groups in total. The molecule has 3 fully saturated rings. The van der Waals surface area contributed by atoms with Crippen LogP contribution in [0, 0.1) is 11.8 Å². The Hall–Kier alpha value is -1.65. The Labute approximate surface area is 168 Å². The first-order chi connectivity index (χ1) is 13.8. The van der Waals surface area contributed by atoms with E-state index in [1.807, 2.05) is 18.3 Å². The average molecular weight is 385 g/mol. The molecule has 2 atom stereocenters. The van der Waals surface area contributed by atoms with Crippen LogP contribution in [-0.4, -0.2) is 90.6 Å². The Balaban J connectivity index is 1.09. The summed E-state index contributed by atoms with van der Waals surface area (Å²) in [7, 11) is 0. The molecule has 1 aliphatic carbocycles. The second-order valence-electron chi connectivity index (χ2n) is 8.06. The van der Waals surface area contributed by atoms with Crippen molar-refractivity contribution in [3.63, 3.8) is 0 Å². The van der Waals surface area contributed by atoms with Crippen LogP contribution in [0.4, 0.5) is 5.82 Å². The molecular weight excluding hydrogens is 352 g/mol. The van der Waals surface area contributed by atoms with Gasteiger partial charge in [-0.1, -0.05) is 17.9 Å². The van der Waals surface area contributed by atoms with E-state index < -0.39 is 0 Å². The molecule has 0 bridgehead atoms. The first kappa shape index (κ1) is 19.7. The van der Waals surface area contributed by atoms with Gasteiger partial charge in [0.15, 0.2) is 0 Å². The highest BCUT2D eigenvalue weighted by molar-refractivity contribution is 5.38. The van der Waals surface area contributed by atoms with Crippen LogP contribution in [0.2, 0.25) is 0 Å². The fraction of sp³-hybridized carbons (Fsp3) is 0.682. The number of pyridine rings is 1. The number of piperazine rings is 1. The Morgan fingerprint density at radius 3 is 2.46 bits per heavy atom. The van der Waals surface area contributed by atoms with Crippen molar-refractivity contribution >= 4 is 5.82 Å². The SMILES string of the molecule is OC1CCC1N1CCC(OCC#CCN2CCN(c3ccccn3)CC2)CC1. The van der Waals surface area contributed by atoms with Gasteiger partial charge in [0, 0.05) is 51.5 Å². The average Bonchev–Trinajstić information content (AvgIpc) is 2.74. The third-order valence-corrected chi connectivity index (χ3v) is 6.31. The Kier molecular flexibility index (Phi) is 6.81. The number of aromatic nitrogens is 1. The number of aliphatic hydroxyl groups is 1. The van der Waals surface area contributed by atoms with Crippen molar-refractivity contribution < 1.29 is 9.84 Å². The standard InChI is InChI=1S/C22H32N4O2/c27-21-7-6-20(21)25-12-8-19(9-13-25)28-18-4-3-11-24-14-16-26(17-15-24)22-5-1-2-10-23-22/h1-2,5,10,19-21,27H,6-9,11-18H2. The summed E-state index contributed by atoms with van der Waals surface area (Å²) in [6, 6.07) is 6.48. The monoisotopic (exact) mass is 384 g/mol. The summed E-state index contributed by atoms with van der Waals surface area (Å²) in [5.41, 5.74) is 0. The summed E-state index contributed by atoms with van der Waals surface area (Å²) in [5, 5.41) is 9.81. The number of ether oxygens (including phenoxy) is 1. The molecule has 152 valence electrons. The molecule has 2 unspecified atom stereocenters. The lowest BCUT2D eigenvalue weighted by molar-refractivity contribution is -0.0533. The highest BCUT2D eigenvalue weighted by atomic mass is 16.5. The summed E-state index contributed by atoms with van der Waals surface area (Å²) in [4.78, 5) is 11.6. The predicted molar refractivity (Wildman–Crippen MR) is 110 cm³/mol. The molecule has 2 aliphatic heterocycles. The topological polar surface area (TPSA) is 52.1 Å². The normalized spacial score (nSPS) is 27.1. The molecule has 6 nitrogen and oxygen atoms in total. The predicted octanol–water partition coefficient (Wildman–Crippen LogP) is 1.21. The maximum atomic E-state index is 9.81. The number of rotatable bonds is 5. The van der Waals surface area contributed by atoms with Crippen molar-refractivity contribution in [1.29, 1.82) is 0 Å². The van der Waals surface area contributed by atoms with Crippen molar-refractivity contribution in [1.82, 2.24) is 14.8 Å².